The number of nitrogens with one attached hydrogen (secondary N) is 1. The molecule has 1 aromatic heterocycles. The molecule has 2 aliphatic heterocycles. The number of nitrogens with two attached hydrogens (primary N) is 1. The highest BCUT2D eigenvalue weighted by atomic mass is 32.2. The zero-order valence-electron chi connectivity index (χ0n) is 19.0. The van der Waals surface area contributed by atoms with Crippen LogP contribution in [0, 0.1) is 5.92 Å². The third-order valence-electron chi connectivity index (χ3n) is 6.43. The van der Waals surface area contributed by atoms with E-state index >= 15 is 0 Å². The Hall–Kier alpha value is -2.27. The number of piperidine rings is 1. The van der Waals surface area contributed by atoms with E-state index in [9.17, 15) is 18.0 Å². The highest BCUT2D eigenvalue weighted by molar-refractivity contribution is 7.89. The second kappa shape index (κ2) is 9.54. The van der Waals surface area contributed by atoms with Crippen LogP contribution in [0.1, 0.15) is 57.8 Å². The second-order valence-electron chi connectivity index (χ2n) is 8.78. The Morgan fingerprint density at radius 2 is 1.94 bits per heavy atom. The topological polar surface area (TPSA) is 113 Å². The number of anilines is 1. The van der Waals surface area contributed by atoms with E-state index in [1.807, 2.05) is 0 Å². The van der Waals surface area contributed by atoms with E-state index in [4.69, 9.17) is 5.73 Å². The minimum absolute atomic E-state index is 0.178. The van der Waals surface area contributed by atoms with Crippen molar-refractivity contribution in [3.63, 3.8) is 0 Å². The molecule has 3 N–H and O–H groups in total. The number of sulfonamides is 1. The van der Waals surface area contributed by atoms with Gasteiger partial charge in [-0.05, 0) is 61.6 Å². The third kappa shape index (κ3) is 4.84. The third-order valence-corrected chi connectivity index (χ3v) is 9.44. The lowest BCUT2D eigenvalue weighted by Gasteiger charge is -2.30. The lowest BCUT2D eigenvalue weighted by molar-refractivity contribution is 0.1000. The molecule has 10 heteroatoms. The summed E-state index contributed by atoms with van der Waals surface area (Å²) in [6, 6.07) is 5.95. The van der Waals surface area contributed by atoms with Gasteiger partial charge in [0.05, 0.1) is 10.5 Å². The first-order valence-corrected chi connectivity index (χ1v) is 13.5. The van der Waals surface area contributed by atoms with E-state index in [-0.39, 0.29) is 4.90 Å². The van der Waals surface area contributed by atoms with Gasteiger partial charge in [0.2, 0.25) is 10.0 Å². The summed E-state index contributed by atoms with van der Waals surface area (Å²) in [6.45, 7) is 7.66. The van der Waals surface area contributed by atoms with Gasteiger partial charge in [-0.1, -0.05) is 13.8 Å². The van der Waals surface area contributed by atoms with E-state index < -0.39 is 21.8 Å². The first-order valence-electron chi connectivity index (χ1n) is 11.3. The van der Waals surface area contributed by atoms with Gasteiger partial charge in [-0.15, -0.1) is 11.3 Å². The molecule has 0 bridgehead atoms. The summed E-state index contributed by atoms with van der Waals surface area (Å²) in [5.41, 5.74) is 7.27. The van der Waals surface area contributed by atoms with Crippen molar-refractivity contribution in [3.05, 3.63) is 45.8 Å². The van der Waals surface area contributed by atoms with Gasteiger partial charge in [0.15, 0.2) is 0 Å². The molecule has 0 spiro atoms. The monoisotopic (exact) mass is 490 g/mol. The van der Waals surface area contributed by atoms with Gasteiger partial charge >= 0.3 is 0 Å². The molecule has 1 fully saturated rings. The first-order chi connectivity index (χ1) is 15.7. The van der Waals surface area contributed by atoms with Crippen LogP contribution >= 0.6 is 11.3 Å². The summed E-state index contributed by atoms with van der Waals surface area (Å²) >= 11 is 1.38. The van der Waals surface area contributed by atoms with Crippen LogP contribution in [0.5, 0.6) is 0 Å². The molecule has 3 heterocycles. The highest BCUT2D eigenvalue weighted by Gasteiger charge is 2.30. The summed E-state index contributed by atoms with van der Waals surface area (Å²) in [7, 11) is -3.59. The Labute approximate surface area is 198 Å². The van der Waals surface area contributed by atoms with Gasteiger partial charge in [0.1, 0.15) is 5.00 Å². The standard InChI is InChI=1S/C23H30N4O4S2/c1-3-26-12-10-18-19(14-26)32-23(20(18)21(24)28)25-22(29)16-6-8-17(9-7-16)33(30,31)27-11-4-5-15(2)13-27/h6-9,15H,3-5,10-14H2,1-2H3,(H2,24,28)(H,25,29). The number of hydrogen-bond acceptors (Lipinski definition) is 6. The molecular formula is C23H30N4O4S2. The SMILES string of the molecule is CCN1CCc2c(sc(NC(=O)c3ccc(S(=O)(=O)N4CCCC(C)C4)cc3)c2C(N)=O)C1. The van der Waals surface area contributed by atoms with Crippen molar-refractivity contribution in [1.82, 2.24) is 9.21 Å². The molecule has 178 valence electrons. The van der Waals surface area contributed by atoms with Gasteiger partial charge in [0.25, 0.3) is 11.8 Å². The Bertz CT molecular complexity index is 1160. The zero-order chi connectivity index (χ0) is 23.8. The highest BCUT2D eigenvalue weighted by Crippen LogP contribution is 2.37. The Kier molecular flexibility index (Phi) is 6.90. The molecule has 8 nitrogen and oxygen atoms in total. The Morgan fingerprint density at radius 1 is 1.21 bits per heavy atom. The smallest absolute Gasteiger partial charge is 0.256 e. The van der Waals surface area contributed by atoms with Crippen molar-refractivity contribution in [3.8, 4) is 0 Å². The molecule has 2 aromatic rings. The molecule has 4 rings (SSSR count). The summed E-state index contributed by atoms with van der Waals surface area (Å²) in [6.07, 6.45) is 2.60. The molecule has 0 saturated carbocycles. The molecule has 1 atom stereocenters. The van der Waals surface area contributed by atoms with Gasteiger partial charge < -0.3 is 11.1 Å². The number of carbonyl (C=O) groups excluding carboxylic acids is 2. The number of likely N-dealkylation sites (N-methyl/N-ethyl adjacent to an activating group) is 1. The number of rotatable bonds is 6. The van der Waals surface area contributed by atoms with Gasteiger partial charge in [-0.2, -0.15) is 4.31 Å². The number of fused-ring (bicyclic) bond motifs is 1. The largest absolute Gasteiger partial charge is 0.365 e. The van der Waals surface area contributed by atoms with Crippen LogP contribution in [0.2, 0.25) is 0 Å². The normalized spacial score (nSPS) is 19.8. The number of hydrogen-bond donors (Lipinski definition) is 2. The maximum Gasteiger partial charge on any atom is 0.256 e. The van der Waals surface area contributed by atoms with E-state index in [1.165, 1.54) is 39.9 Å². The number of primary amides is 1. The Balaban J connectivity index is 1.53. The van der Waals surface area contributed by atoms with Crippen molar-refractivity contribution in [2.75, 3.05) is 31.5 Å². The molecule has 1 unspecified atom stereocenters. The van der Waals surface area contributed by atoms with Crippen LogP contribution in [0.25, 0.3) is 0 Å². The van der Waals surface area contributed by atoms with Crippen molar-refractivity contribution >= 4 is 38.2 Å². The van der Waals surface area contributed by atoms with Gasteiger partial charge in [-0.3, -0.25) is 14.5 Å². The second-order valence-corrected chi connectivity index (χ2v) is 11.8. The maximum atomic E-state index is 13.0. The van der Waals surface area contributed by atoms with Crippen LogP contribution in [0.3, 0.4) is 0 Å². The van der Waals surface area contributed by atoms with E-state index in [0.29, 0.717) is 35.1 Å². The average molecular weight is 491 g/mol. The minimum Gasteiger partial charge on any atom is -0.365 e. The lowest BCUT2D eigenvalue weighted by atomic mass is 10.0. The van der Waals surface area contributed by atoms with Crippen molar-refractivity contribution in [2.24, 2.45) is 11.7 Å². The molecule has 33 heavy (non-hydrogen) atoms. The van der Waals surface area contributed by atoms with Crippen LogP contribution in [0.15, 0.2) is 29.2 Å². The fourth-order valence-electron chi connectivity index (χ4n) is 4.54. The van der Waals surface area contributed by atoms with E-state index in [0.717, 1.165) is 49.3 Å². The van der Waals surface area contributed by atoms with Crippen LogP contribution < -0.4 is 11.1 Å². The summed E-state index contributed by atoms with van der Waals surface area (Å²) < 4.78 is 27.4. The maximum absolute atomic E-state index is 13.0. The van der Waals surface area contributed by atoms with Gasteiger partial charge in [0, 0.05) is 36.6 Å². The van der Waals surface area contributed by atoms with Crippen LogP contribution in [0.4, 0.5) is 5.00 Å². The van der Waals surface area contributed by atoms with E-state index in [1.54, 1.807) is 0 Å². The predicted octanol–water partition coefficient (Wildman–Crippen LogP) is 2.90. The summed E-state index contributed by atoms with van der Waals surface area (Å²) in [5.74, 6) is -0.622. The summed E-state index contributed by atoms with van der Waals surface area (Å²) in [4.78, 5) is 28.5. The average Bonchev–Trinajstić information content (AvgIpc) is 3.16. The number of benzene rings is 1. The van der Waals surface area contributed by atoms with Crippen LogP contribution in [-0.4, -0.2) is 55.6 Å². The van der Waals surface area contributed by atoms with E-state index in [2.05, 4.69) is 24.1 Å². The van der Waals surface area contributed by atoms with Crippen molar-refractivity contribution in [1.29, 1.82) is 0 Å². The zero-order valence-corrected chi connectivity index (χ0v) is 20.6. The summed E-state index contributed by atoms with van der Waals surface area (Å²) in [5, 5.41) is 3.28. The molecular weight excluding hydrogens is 460 g/mol. The quantitative estimate of drug-likeness (QED) is 0.647. The Morgan fingerprint density at radius 3 is 2.58 bits per heavy atom. The van der Waals surface area contributed by atoms with Gasteiger partial charge in [-0.25, -0.2) is 8.42 Å². The molecule has 2 aliphatic rings. The number of thiophene rings is 1. The molecule has 1 saturated heterocycles. The molecule has 1 aromatic carbocycles. The number of amides is 2. The fraction of sp³-hybridized carbons (Fsp3) is 0.478. The number of carbonyl (C=O) groups is 2. The van der Waals surface area contributed by atoms with Crippen molar-refractivity contribution in [2.45, 2.75) is 44.6 Å². The molecule has 0 aliphatic carbocycles. The van der Waals surface area contributed by atoms with Crippen molar-refractivity contribution < 1.29 is 18.0 Å². The first kappa shape index (κ1) is 23.9. The molecule has 2 amide bonds. The van der Waals surface area contributed by atoms with Crippen LogP contribution in [-0.2, 0) is 23.0 Å². The number of nitrogens with zero attached hydrogens (tertiary/aromatic N) is 2. The molecule has 0 radical (unpaired) electrons. The minimum atomic E-state index is -3.59. The fourth-order valence-corrected chi connectivity index (χ4v) is 7.43. The lowest BCUT2D eigenvalue weighted by Crippen LogP contribution is -2.39. The predicted molar refractivity (Wildman–Crippen MR) is 129 cm³/mol.